The number of amides is 1. The molecule has 1 amide bonds. The second kappa shape index (κ2) is 11.2. The number of hydrogen-bond acceptors (Lipinski definition) is 6. The average molecular weight is 471 g/mol. The molecule has 0 saturated carbocycles. The highest BCUT2D eigenvalue weighted by atomic mass is 35.5. The Bertz CT molecular complexity index is 1030. The molecule has 2 aromatic rings. The number of carbonyl (C=O) groups excluding carboxylic acids is 1. The second-order valence-corrected chi connectivity index (χ2v) is 8.79. The van der Waals surface area contributed by atoms with Crippen molar-refractivity contribution in [1.82, 2.24) is 5.32 Å². The van der Waals surface area contributed by atoms with Gasteiger partial charge in [0.2, 0.25) is 0 Å². The summed E-state index contributed by atoms with van der Waals surface area (Å²) in [5.74, 6) is 0.244. The van der Waals surface area contributed by atoms with Gasteiger partial charge in [0.15, 0.2) is 0 Å². The summed E-state index contributed by atoms with van der Waals surface area (Å²) in [7, 11) is 0.446. The molecule has 10 heteroatoms. The maximum absolute atomic E-state index is 13.1. The summed E-state index contributed by atoms with van der Waals surface area (Å²) in [6.07, 6.45) is 1.58. The highest BCUT2D eigenvalue weighted by molar-refractivity contribution is 7.92. The van der Waals surface area contributed by atoms with Crippen LogP contribution in [-0.2, 0) is 14.8 Å². The molecule has 170 valence electrons. The molecule has 0 aliphatic rings. The van der Waals surface area contributed by atoms with Crippen molar-refractivity contribution < 1.29 is 27.4 Å². The zero-order chi connectivity index (χ0) is 23.0. The fourth-order valence-corrected chi connectivity index (χ4v) is 4.42. The Morgan fingerprint density at radius 2 is 1.74 bits per heavy atom. The number of nitrogens with one attached hydrogen (secondary N) is 2. The lowest BCUT2D eigenvalue weighted by Gasteiger charge is -2.16. The van der Waals surface area contributed by atoms with E-state index in [0.717, 1.165) is 12.8 Å². The third-order valence-corrected chi connectivity index (χ3v) is 6.32. The molecule has 0 radical (unpaired) electrons. The van der Waals surface area contributed by atoms with Gasteiger partial charge in [0, 0.05) is 31.9 Å². The zero-order valence-electron chi connectivity index (χ0n) is 18.0. The van der Waals surface area contributed by atoms with Crippen LogP contribution < -0.4 is 19.5 Å². The van der Waals surface area contributed by atoms with Crippen LogP contribution in [-0.4, -0.2) is 48.8 Å². The summed E-state index contributed by atoms with van der Waals surface area (Å²) >= 11 is 6.14. The number of rotatable bonds is 11. The minimum absolute atomic E-state index is 0.0199. The molecule has 0 bridgehead atoms. The topological polar surface area (TPSA) is 103 Å². The quantitative estimate of drug-likeness (QED) is 0.486. The maximum Gasteiger partial charge on any atom is 0.262 e. The highest BCUT2D eigenvalue weighted by Gasteiger charge is 2.22. The summed E-state index contributed by atoms with van der Waals surface area (Å²) in [4.78, 5) is 12.4. The van der Waals surface area contributed by atoms with E-state index in [1.807, 2.05) is 0 Å². The SMILES string of the molecule is COCCCCNC(=O)c1ccc(C)c(S(=O)(=O)Nc2cc(Cl)c(OC)cc2OC)c1. The first-order valence-electron chi connectivity index (χ1n) is 9.55. The van der Waals surface area contributed by atoms with Crippen molar-refractivity contribution in [2.75, 3.05) is 39.2 Å². The summed E-state index contributed by atoms with van der Waals surface area (Å²) in [5.41, 5.74) is 0.890. The molecule has 0 aliphatic heterocycles. The number of sulfonamides is 1. The molecule has 2 N–H and O–H groups in total. The molecule has 0 saturated heterocycles. The molecule has 0 spiro atoms. The molecule has 0 atom stereocenters. The third-order valence-electron chi connectivity index (χ3n) is 4.52. The number of hydrogen-bond donors (Lipinski definition) is 2. The van der Waals surface area contributed by atoms with Gasteiger partial charge in [-0.1, -0.05) is 17.7 Å². The van der Waals surface area contributed by atoms with Gasteiger partial charge in [-0.3, -0.25) is 9.52 Å². The lowest BCUT2D eigenvalue weighted by atomic mass is 10.1. The number of aryl methyl sites for hydroxylation is 1. The minimum Gasteiger partial charge on any atom is -0.495 e. The molecule has 0 heterocycles. The van der Waals surface area contributed by atoms with E-state index in [0.29, 0.717) is 24.5 Å². The van der Waals surface area contributed by atoms with Gasteiger partial charge in [-0.25, -0.2) is 8.42 Å². The first-order chi connectivity index (χ1) is 14.7. The number of methoxy groups -OCH3 is 3. The van der Waals surface area contributed by atoms with Gasteiger partial charge < -0.3 is 19.5 Å². The second-order valence-electron chi connectivity index (χ2n) is 6.73. The molecule has 31 heavy (non-hydrogen) atoms. The number of ether oxygens (including phenoxy) is 3. The van der Waals surface area contributed by atoms with Crippen LogP contribution in [0.4, 0.5) is 5.69 Å². The predicted octanol–water partition coefficient (Wildman–Crippen LogP) is 3.62. The van der Waals surface area contributed by atoms with Crippen LogP contribution in [0, 0.1) is 6.92 Å². The molecule has 0 aromatic heterocycles. The molecule has 2 rings (SSSR count). The number of halogens is 1. The van der Waals surface area contributed by atoms with E-state index in [1.165, 1.54) is 32.4 Å². The fraction of sp³-hybridized carbons (Fsp3) is 0.381. The first kappa shape index (κ1) is 24.8. The number of benzene rings is 2. The molecule has 2 aromatic carbocycles. The zero-order valence-corrected chi connectivity index (χ0v) is 19.5. The van der Waals surface area contributed by atoms with E-state index in [-0.39, 0.29) is 32.8 Å². The van der Waals surface area contributed by atoms with Gasteiger partial charge >= 0.3 is 0 Å². The van der Waals surface area contributed by atoms with Gasteiger partial charge in [-0.05, 0) is 43.5 Å². The van der Waals surface area contributed by atoms with Crippen molar-refractivity contribution in [3.8, 4) is 11.5 Å². The third kappa shape index (κ3) is 6.49. The lowest BCUT2D eigenvalue weighted by Crippen LogP contribution is -2.25. The molecule has 0 aliphatic carbocycles. The van der Waals surface area contributed by atoms with Crippen molar-refractivity contribution in [3.63, 3.8) is 0 Å². The normalized spacial score (nSPS) is 11.1. The van der Waals surface area contributed by atoms with E-state index in [9.17, 15) is 13.2 Å². The Kier molecular flexibility index (Phi) is 8.97. The Morgan fingerprint density at radius 3 is 2.39 bits per heavy atom. The van der Waals surface area contributed by atoms with Crippen LogP contribution in [0.3, 0.4) is 0 Å². The van der Waals surface area contributed by atoms with Crippen LogP contribution in [0.1, 0.15) is 28.8 Å². The molecule has 0 fully saturated rings. The van der Waals surface area contributed by atoms with Gasteiger partial charge in [0.1, 0.15) is 11.5 Å². The van der Waals surface area contributed by atoms with E-state index in [2.05, 4.69) is 10.0 Å². The highest BCUT2D eigenvalue weighted by Crippen LogP contribution is 2.37. The van der Waals surface area contributed by atoms with Gasteiger partial charge in [0.05, 0.1) is 29.8 Å². The average Bonchev–Trinajstić information content (AvgIpc) is 2.73. The standard InChI is InChI=1S/C21H27ClN2O6S/c1-14-7-8-15(21(25)23-9-5-6-10-28-2)11-20(14)31(26,27)24-17-12-16(22)18(29-3)13-19(17)30-4/h7-8,11-13,24H,5-6,9-10H2,1-4H3,(H,23,25). The van der Waals surface area contributed by atoms with Crippen molar-refractivity contribution in [1.29, 1.82) is 0 Å². The van der Waals surface area contributed by atoms with Crippen molar-refractivity contribution in [2.24, 2.45) is 0 Å². The van der Waals surface area contributed by atoms with Crippen LogP contribution >= 0.6 is 11.6 Å². The van der Waals surface area contributed by atoms with E-state index >= 15 is 0 Å². The number of carbonyl (C=O) groups is 1. The molecule has 8 nitrogen and oxygen atoms in total. The van der Waals surface area contributed by atoms with Crippen molar-refractivity contribution in [3.05, 3.63) is 46.5 Å². The van der Waals surface area contributed by atoms with Crippen LogP contribution in [0.15, 0.2) is 35.2 Å². The van der Waals surface area contributed by atoms with Gasteiger partial charge in [-0.2, -0.15) is 0 Å². The Balaban J connectivity index is 2.26. The van der Waals surface area contributed by atoms with E-state index in [1.54, 1.807) is 26.2 Å². The Morgan fingerprint density at radius 1 is 1.03 bits per heavy atom. The fourth-order valence-electron chi connectivity index (χ4n) is 2.85. The Hall–Kier alpha value is -2.49. The van der Waals surface area contributed by atoms with E-state index in [4.69, 9.17) is 25.8 Å². The monoisotopic (exact) mass is 470 g/mol. The lowest BCUT2D eigenvalue weighted by molar-refractivity contribution is 0.0951. The van der Waals surface area contributed by atoms with Crippen LogP contribution in [0.25, 0.3) is 0 Å². The first-order valence-corrected chi connectivity index (χ1v) is 11.4. The Labute approximate surface area is 187 Å². The van der Waals surface area contributed by atoms with Crippen molar-refractivity contribution >= 4 is 33.2 Å². The number of unbranched alkanes of at least 4 members (excludes halogenated alkanes) is 1. The van der Waals surface area contributed by atoms with Crippen molar-refractivity contribution in [2.45, 2.75) is 24.7 Å². The maximum atomic E-state index is 13.1. The smallest absolute Gasteiger partial charge is 0.262 e. The van der Waals surface area contributed by atoms with Crippen LogP contribution in [0.5, 0.6) is 11.5 Å². The largest absolute Gasteiger partial charge is 0.495 e. The van der Waals surface area contributed by atoms with Gasteiger partial charge in [0.25, 0.3) is 15.9 Å². The summed E-state index contributed by atoms with van der Waals surface area (Å²) in [6, 6.07) is 7.42. The summed E-state index contributed by atoms with van der Waals surface area (Å²) in [6.45, 7) is 2.74. The van der Waals surface area contributed by atoms with E-state index < -0.39 is 10.0 Å². The summed E-state index contributed by atoms with van der Waals surface area (Å²) < 4.78 is 44.0. The molecular formula is C21H27ClN2O6S. The molecular weight excluding hydrogens is 444 g/mol. The minimum atomic E-state index is -4.03. The predicted molar refractivity (Wildman–Crippen MR) is 120 cm³/mol. The van der Waals surface area contributed by atoms with Crippen LogP contribution in [0.2, 0.25) is 5.02 Å². The van der Waals surface area contributed by atoms with Gasteiger partial charge in [-0.15, -0.1) is 0 Å². The summed E-state index contributed by atoms with van der Waals surface area (Å²) in [5, 5.41) is 3.00. The number of anilines is 1. The molecule has 0 unspecified atom stereocenters.